The molecule has 3 nitrogen and oxygen atoms in total. The van der Waals surface area contributed by atoms with E-state index < -0.39 is 0 Å². The molecule has 0 unspecified atom stereocenters. The van der Waals surface area contributed by atoms with Gasteiger partial charge in [0.2, 0.25) is 0 Å². The zero-order valence-corrected chi connectivity index (χ0v) is 8.52. The lowest BCUT2D eigenvalue weighted by Gasteiger charge is -2.01. The maximum atomic E-state index is 5.75. The molecule has 0 saturated carbocycles. The zero-order chi connectivity index (χ0) is 9.26. The minimum atomic E-state index is 0.450. The molecule has 68 valence electrons. The molecule has 0 bridgehead atoms. The number of fused-ring (bicyclic) bond motifs is 1. The summed E-state index contributed by atoms with van der Waals surface area (Å²) in [4.78, 5) is 0. The van der Waals surface area contributed by atoms with Crippen LogP contribution in [0.1, 0.15) is 5.56 Å². The van der Waals surface area contributed by atoms with Gasteiger partial charge in [-0.3, -0.25) is 0 Å². The van der Waals surface area contributed by atoms with Gasteiger partial charge in [-0.15, -0.1) is 11.6 Å². The fraction of sp³-hybridized carbons (Fsp3) is 0.250. The summed E-state index contributed by atoms with van der Waals surface area (Å²) >= 11 is 6.93. The monoisotopic (exact) mass is 214 g/mol. The second-order valence-corrected chi connectivity index (χ2v) is 3.32. The average Bonchev–Trinajstić information content (AvgIpc) is 2.64. The van der Waals surface area contributed by atoms with E-state index in [9.17, 15) is 0 Å². The molecule has 13 heavy (non-hydrogen) atoms. The van der Waals surface area contributed by atoms with E-state index in [1.807, 2.05) is 12.1 Å². The Morgan fingerprint density at radius 1 is 1.38 bits per heavy atom. The summed E-state index contributed by atoms with van der Waals surface area (Å²) in [6.45, 7) is 0. The van der Waals surface area contributed by atoms with Crippen LogP contribution in [0.15, 0.2) is 12.1 Å². The maximum Gasteiger partial charge on any atom is 0.147 e. The van der Waals surface area contributed by atoms with Crippen LogP contribution in [0.4, 0.5) is 0 Å². The van der Waals surface area contributed by atoms with Crippen LogP contribution in [0, 0.1) is 0 Å². The summed E-state index contributed by atoms with van der Waals surface area (Å²) < 4.78 is 13.5. The molecule has 0 radical (unpaired) electrons. The number of aromatic nitrogens is 2. The van der Waals surface area contributed by atoms with E-state index in [4.69, 9.17) is 16.3 Å². The minimum absolute atomic E-state index is 0.450. The highest BCUT2D eigenvalue weighted by molar-refractivity contribution is 7.00. The van der Waals surface area contributed by atoms with Gasteiger partial charge in [0, 0.05) is 5.88 Å². The van der Waals surface area contributed by atoms with Crippen LogP contribution in [-0.2, 0) is 5.88 Å². The van der Waals surface area contributed by atoms with Gasteiger partial charge in [-0.25, -0.2) is 0 Å². The Morgan fingerprint density at radius 2 is 2.15 bits per heavy atom. The molecule has 0 aliphatic rings. The Bertz CT molecular complexity index is 391. The van der Waals surface area contributed by atoms with E-state index in [-0.39, 0.29) is 0 Å². The average molecular weight is 215 g/mol. The molecule has 2 aromatic rings. The molecule has 0 aliphatic carbocycles. The van der Waals surface area contributed by atoms with Gasteiger partial charge in [0.15, 0.2) is 0 Å². The molecule has 0 N–H and O–H groups in total. The van der Waals surface area contributed by atoms with Gasteiger partial charge in [-0.05, 0) is 11.6 Å². The third-order valence-corrected chi connectivity index (χ3v) is 2.64. The van der Waals surface area contributed by atoms with Gasteiger partial charge in [-0.1, -0.05) is 6.07 Å². The van der Waals surface area contributed by atoms with Gasteiger partial charge in [0.05, 0.1) is 18.8 Å². The first-order valence-corrected chi connectivity index (χ1v) is 4.97. The van der Waals surface area contributed by atoms with E-state index in [0.717, 1.165) is 22.3 Å². The summed E-state index contributed by atoms with van der Waals surface area (Å²) in [7, 11) is 1.62. The third-order valence-electron chi connectivity index (χ3n) is 1.83. The van der Waals surface area contributed by atoms with E-state index >= 15 is 0 Å². The first kappa shape index (κ1) is 8.72. The lowest BCUT2D eigenvalue weighted by Crippen LogP contribution is -1.87. The number of methoxy groups -OCH3 is 1. The minimum Gasteiger partial charge on any atom is -0.494 e. The van der Waals surface area contributed by atoms with Crippen LogP contribution in [0.2, 0.25) is 0 Å². The second kappa shape index (κ2) is 3.47. The topological polar surface area (TPSA) is 35.0 Å². The van der Waals surface area contributed by atoms with E-state index in [0.29, 0.717) is 5.88 Å². The molecule has 0 atom stereocenters. The van der Waals surface area contributed by atoms with Gasteiger partial charge in [-0.2, -0.15) is 8.75 Å². The van der Waals surface area contributed by atoms with Crippen LogP contribution in [0.25, 0.3) is 11.0 Å². The highest BCUT2D eigenvalue weighted by Crippen LogP contribution is 2.27. The quantitative estimate of drug-likeness (QED) is 0.721. The Kier molecular flexibility index (Phi) is 2.33. The molecule has 1 aromatic carbocycles. The predicted octanol–water partition coefficient (Wildman–Crippen LogP) is 2.44. The molecule has 0 aliphatic heterocycles. The van der Waals surface area contributed by atoms with Crippen molar-refractivity contribution in [2.75, 3.05) is 7.11 Å². The van der Waals surface area contributed by atoms with Crippen molar-refractivity contribution in [3.63, 3.8) is 0 Å². The van der Waals surface area contributed by atoms with Crippen molar-refractivity contribution >= 4 is 34.4 Å². The standard InChI is InChI=1S/C8H7ClN2OS/c1-12-6-3-2-5(4-9)7-8(6)11-13-10-7/h2-3H,4H2,1H3. The molecule has 1 heterocycles. The molecule has 0 saturated heterocycles. The molecule has 2 rings (SSSR count). The van der Waals surface area contributed by atoms with E-state index in [2.05, 4.69) is 8.75 Å². The van der Waals surface area contributed by atoms with E-state index in [1.54, 1.807) is 7.11 Å². The molecule has 0 amide bonds. The molecule has 1 aromatic heterocycles. The first-order valence-electron chi connectivity index (χ1n) is 3.71. The van der Waals surface area contributed by atoms with Crippen molar-refractivity contribution in [3.8, 4) is 5.75 Å². The smallest absolute Gasteiger partial charge is 0.147 e. The molecular formula is C8H7ClN2OS. The summed E-state index contributed by atoms with van der Waals surface area (Å²) in [5.41, 5.74) is 2.64. The number of ether oxygens (including phenoxy) is 1. The Hall–Kier alpha value is -0.870. The number of halogens is 1. The lowest BCUT2D eigenvalue weighted by atomic mass is 10.2. The van der Waals surface area contributed by atoms with E-state index in [1.165, 1.54) is 11.7 Å². The van der Waals surface area contributed by atoms with Crippen LogP contribution in [-0.4, -0.2) is 15.9 Å². The van der Waals surface area contributed by atoms with Crippen molar-refractivity contribution in [1.29, 1.82) is 0 Å². The zero-order valence-electron chi connectivity index (χ0n) is 6.95. The maximum absolute atomic E-state index is 5.75. The summed E-state index contributed by atoms with van der Waals surface area (Å²) in [5, 5.41) is 0. The van der Waals surface area contributed by atoms with Crippen LogP contribution in [0.3, 0.4) is 0 Å². The van der Waals surface area contributed by atoms with Crippen molar-refractivity contribution in [1.82, 2.24) is 8.75 Å². The normalized spacial score (nSPS) is 10.6. The molecular weight excluding hydrogens is 208 g/mol. The molecule has 5 heteroatoms. The first-order chi connectivity index (χ1) is 6.36. The van der Waals surface area contributed by atoms with Crippen molar-refractivity contribution in [3.05, 3.63) is 17.7 Å². The molecule has 0 fully saturated rings. The number of hydrogen-bond acceptors (Lipinski definition) is 4. The summed E-state index contributed by atoms with van der Waals surface area (Å²) in [5.74, 6) is 1.20. The van der Waals surface area contributed by atoms with Gasteiger partial charge < -0.3 is 4.74 Å². The van der Waals surface area contributed by atoms with Crippen molar-refractivity contribution in [2.24, 2.45) is 0 Å². The second-order valence-electron chi connectivity index (χ2n) is 2.52. The fourth-order valence-electron chi connectivity index (χ4n) is 1.17. The Morgan fingerprint density at radius 3 is 2.85 bits per heavy atom. The highest BCUT2D eigenvalue weighted by Gasteiger charge is 2.09. The van der Waals surface area contributed by atoms with Crippen molar-refractivity contribution in [2.45, 2.75) is 5.88 Å². The number of alkyl halides is 1. The number of nitrogens with zero attached hydrogens (tertiary/aromatic N) is 2. The Balaban J connectivity index is 2.74. The third kappa shape index (κ3) is 1.36. The van der Waals surface area contributed by atoms with Crippen LogP contribution >= 0.6 is 23.3 Å². The number of rotatable bonds is 2. The van der Waals surface area contributed by atoms with Crippen LogP contribution < -0.4 is 4.74 Å². The summed E-state index contributed by atoms with van der Waals surface area (Å²) in [6, 6.07) is 3.77. The predicted molar refractivity (Wildman–Crippen MR) is 53.5 cm³/mol. The number of benzene rings is 1. The van der Waals surface area contributed by atoms with Crippen LogP contribution in [0.5, 0.6) is 5.75 Å². The number of hydrogen-bond donors (Lipinski definition) is 0. The highest BCUT2D eigenvalue weighted by atomic mass is 35.5. The van der Waals surface area contributed by atoms with Gasteiger partial charge >= 0.3 is 0 Å². The lowest BCUT2D eigenvalue weighted by molar-refractivity contribution is 0.419. The largest absolute Gasteiger partial charge is 0.494 e. The summed E-state index contributed by atoms with van der Waals surface area (Å²) in [6.07, 6.45) is 0. The van der Waals surface area contributed by atoms with Gasteiger partial charge in [0.25, 0.3) is 0 Å². The fourth-order valence-corrected chi connectivity index (χ4v) is 1.97. The molecule has 0 spiro atoms. The SMILES string of the molecule is COc1ccc(CCl)c2nsnc12. The Labute approximate surface area is 84.6 Å². The van der Waals surface area contributed by atoms with Crippen molar-refractivity contribution < 1.29 is 4.74 Å². The van der Waals surface area contributed by atoms with Gasteiger partial charge in [0.1, 0.15) is 16.8 Å².